The molecule has 8 heteroatoms. The summed E-state index contributed by atoms with van der Waals surface area (Å²) in [6, 6.07) is 0. The first-order valence-corrected chi connectivity index (χ1v) is 7.09. The van der Waals surface area contributed by atoms with E-state index in [4.69, 9.17) is 19.3 Å². The molecule has 0 amide bonds. The van der Waals surface area contributed by atoms with Gasteiger partial charge in [-0.25, -0.2) is 4.79 Å². The summed E-state index contributed by atoms with van der Waals surface area (Å²) in [6.07, 6.45) is -4.32. The predicted molar refractivity (Wildman–Crippen MR) is 70.2 cm³/mol. The molecule has 0 aliphatic carbocycles. The molecule has 8 nitrogen and oxygen atoms in total. The number of hydrogen-bond acceptors (Lipinski definition) is 8. The summed E-state index contributed by atoms with van der Waals surface area (Å²) in [4.78, 5) is 11.5. The number of ether oxygens (including phenoxy) is 3. The molecule has 0 aromatic heterocycles. The van der Waals surface area contributed by atoms with E-state index in [1.54, 1.807) is 0 Å². The van der Waals surface area contributed by atoms with Gasteiger partial charge in [0.1, 0.15) is 31.0 Å². The lowest BCUT2D eigenvalue weighted by Crippen LogP contribution is -2.59. The molecule has 1 aliphatic heterocycles. The number of esters is 1. The number of aliphatic hydroxyl groups excluding tert-OH is 4. The van der Waals surface area contributed by atoms with Crippen LogP contribution in [0.3, 0.4) is 0 Å². The minimum Gasteiger partial charge on any atom is -0.431 e. The number of unbranched alkanes of at least 4 members (excludes halogenated alkanes) is 2. The summed E-state index contributed by atoms with van der Waals surface area (Å²) in [5.41, 5.74) is 0. The molecular weight excluding hydrogens is 284 g/mol. The molecule has 124 valence electrons. The predicted octanol–water partition coefficient (Wildman–Crippen LogP) is -1.46. The van der Waals surface area contributed by atoms with Crippen LogP contribution in [0.25, 0.3) is 0 Å². The van der Waals surface area contributed by atoms with Crippen LogP contribution in [0.2, 0.25) is 0 Å². The fourth-order valence-corrected chi connectivity index (χ4v) is 1.94. The third-order valence-electron chi connectivity index (χ3n) is 3.21. The molecule has 0 spiro atoms. The van der Waals surface area contributed by atoms with Crippen LogP contribution in [-0.2, 0) is 19.0 Å². The largest absolute Gasteiger partial charge is 0.431 e. The summed E-state index contributed by atoms with van der Waals surface area (Å²) in [6.45, 7) is 1.61. The Morgan fingerprint density at radius 3 is 2.48 bits per heavy atom. The highest BCUT2D eigenvalue weighted by molar-refractivity contribution is 5.70. The van der Waals surface area contributed by atoms with Crippen molar-refractivity contribution < 1.29 is 39.4 Å². The van der Waals surface area contributed by atoms with Gasteiger partial charge in [-0.2, -0.15) is 0 Å². The molecule has 1 aliphatic rings. The average Bonchev–Trinajstić information content (AvgIpc) is 2.47. The Kier molecular flexibility index (Phi) is 8.09. The van der Waals surface area contributed by atoms with Crippen molar-refractivity contribution in [1.82, 2.24) is 0 Å². The van der Waals surface area contributed by atoms with Crippen molar-refractivity contribution in [1.29, 1.82) is 0 Å². The van der Waals surface area contributed by atoms with Crippen molar-refractivity contribution in [2.45, 2.75) is 56.9 Å². The minimum absolute atomic E-state index is 0.293. The van der Waals surface area contributed by atoms with Crippen LogP contribution in [0.15, 0.2) is 0 Å². The average molecular weight is 308 g/mol. The van der Waals surface area contributed by atoms with Gasteiger partial charge < -0.3 is 34.6 Å². The number of hydrogen-bond donors (Lipinski definition) is 4. The Bertz CT molecular complexity index is 309. The van der Waals surface area contributed by atoms with Crippen LogP contribution in [0.5, 0.6) is 0 Å². The Balaban J connectivity index is 2.36. The fourth-order valence-electron chi connectivity index (χ4n) is 1.94. The van der Waals surface area contributed by atoms with Gasteiger partial charge in [0.25, 0.3) is 0 Å². The van der Waals surface area contributed by atoms with E-state index in [1.807, 2.05) is 6.92 Å². The van der Waals surface area contributed by atoms with Gasteiger partial charge in [0.2, 0.25) is 6.29 Å². The Hall–Kier alpha value is -0.770. The van der Waals surface area contributed by atoms with E-state index in [1.165, 1.54) is 0 Å². The van der Waals surface area contributed by atoms with Crippen LogP contribution in [0, 0.1) is 0 Å². The van der Waals surface area contributed by atoms with Crippen molar-refractivity contribution in [3.05, 3.63) is 0 Å². The Morgan fingerprint density at radius 2 is 1.86 bits per heavy atom. The van der Waals surface area contributed by atoms with Crippen LogP contribution >= 0.6 is 0 Å². The molecule has 1 rings (SSSR count). The van der Waals surface area contributed by atoms with Gasteiger partial charge in [-0.1, -0.05) is 19.8 Å². The van der Waals surface area contributed by atoms with Gasteiger partial charge in [0.15, 0.2) is 0 Å². The SMILES string of the molecule is CCCCCOCC(=O)OC1O[C@H](CO)[C@@H](O)[C@H](O)[C@@H]1O. The van der Waals surface area contributed by atoms with E-state index >= 15 is 0 Å². The summed E-state index contributed by atoms with van der Waals surface area (Å²) in [5, 5.41) is 37.8. The Labute approximate surface area is 123 Å². The highest BCUT2D eigenvalue weighted by Crippen LogP contribution is 2.21. The zero-order chi connectivity index (χ0) is 15.8. The van der Waals surface area contributed by atoms with Crippen molar-refractivity contribution in [3.8, 4) is 0 Å². The first-order valence-electron chi connectivity index (χ1n) is 7.09. The standard InChI is InChI=1S/C13H24O8/c1-2-3-4-5-19-7-9(15)21-13-12(18)11(17)10(16)8(6-14)20-13/h8,10-14,16-18H,2-7H2,1H3/t8-,10-,11+,12+,13?/m1/s1. The minimum atomic E-state index is -1.59. The summed E-state index contributed by atoms with van der Waals surface area (Å²) >= 11 is 0. The molecule has 4 N–H and O–H groups in total. The van der Waals surface area contributed by atoms with Crippen LogP contribution in [0.1, 0.15) is 26.2 Å². The number of carbonyl (C=O) groups excluding carboxylic acids is 1. The lowest BCUT2D eigenvalue weighted by atomic mass is 9.99. The van der Waals surface area contributed by atoms with Crippen LogP contribution in [-0.4, -0.2) is 76.9 Å². The smallest absolute Gasteiger partial charge is 0.334 e. The normalized spacial score (nSPS) is 32.9. The quantitative estimate of drug-likeness (QED) is 0.316. The zero-order valence-electron chi connectivity index (χ0n) is 12.1. The van der Waals surface area contributed by atoms with Gasteiger partial charge in [-0.3, -0.25) is 0 Å². The molecule has 0 aromatic carbocycles. The van der Waals surface area contributed by atoms with E-state index in [0.29, 0.717) is 6.61 Å². The number of rotatable bonds is 8. The highest BCUT2D eigenvalue weighted by Gasteiger charge is 2.45. The number of aliphatic hydroxyl groups is 4. The monoisotopic (exact) mass is 308 g/mol. The first-order chi connectivity index (χ1) is 10.0. The molecule has 0 radical (unpaired) electrons. The van der Waals surface area contributed by atoms with Gasteiger partial charge >= 0.3 is 5.97 Å². The molecule has 0 aromatic rings. The van der Waals surface area contributed by atoms with Crippen molar-refractivity contribution in [2.24, 2.45) is 0 Å². The molecule has 1 saturated heterocycles. The molecule has 1 fully saturated rings. The number of carbonyl (C=O) groups is 1. The second-order valence-corrected chi connectivity index (χ2v) is 4.95. The van der Waals surface area contributed by atoms with E-state index in [2.05, 4.69) is 0 Å². The summed E-state index contributed by atoms with van der Waals surface area (Å²) in [7, 11) is 0. The lowest BCUT2D eigenvalue weighted by molar-refractivity contribution is -0.293. The zero-order valence-corrected chi connectivity index (χ0v) is 12.1. The maximum Gasteiger partial charge on any atom is 0.334 e. The second-order valence-electron chi connectivity index (χ2n) is 4.95. The van der Waals surface area contributed by atoms with Gasteiger partial charge in [-0.05, 0) is 6.42 Å². The van der Waals surface area contributed by atoms with E-state index in [-0.39, 0.29) is 6.61 Å². The maximum atomic E-state index is 11.5. The van der Waals surface area contributed by atoms with Crippen molar-refractivity contribution in [2.75, 3.05) is 19.8 Å². The second kappa shape index (κ2) is 9.29. The summed E-state index contributed by atoms with van der Waals surface area (Å²) in [5.74, 6) is -0.754. The molecular formula is C13H24O8. The van der Waals surface area contributed by atoms with Crippen LogP contribution < -0.4 is 0 Å². The molecule has 0 saturated carbocycles. The molecule has 5 atom stereocenters. The first kappa shape index (κ1) is 18.3. The topological polar surface area (TPSA) is 126 Å². The van der Waals surface area contributed by atoms with E-state index in [9.17, 15) is 20.1 Å². The lowest BCUT2D eigenvalue weighted by Gasteiger charge is -2.39. The van der Waals surface area contributed by atoms with E-state index < -0.39 is 43.3 Å². The third-order valence-corrected chi connectivity index (χ3v) is 3.21. The van der Waals surface area contributed by atoms with E-state index in [0.717, 1.165) is 19.3 Å². The maximum absolute atomic E-state index is 11.5. The Morgan fingerprint density at radius 1 is 1.14 bits per heavy atom. The van der Waals surface area contributed by atoms with Crippen molar-refractivity contribution in [3.63, 3.8) is 0 Å². The molecule has 1 unspecified atom stereocenters. The molecule has 21 heavy (non-hydrogen) atoms. The fraction of sp³-hybridized carbons (Fsp3) is 0.923. The summed E-state index contributed by atoms with van der Waals surface area (Å²) < 4.78 is 15.0. The van der Waals surface area contributed by atoms with Crippen molar-refractivity contribution >= 4 is 5.97 Å². The van der Waals surface area contributed by atoms with Gasteiger partial charge in [-0.15, -0.1) is 0 Å². The van der Waals surface area contributed by atoms with Gasteiger partial charge in [0.05, 0.1) is 6.61 Å². The van der Waals surface area contributed by atoms with Gasteiger partial charge in [0, 0.05) is 6.61 Å². The third kappa shape index (κ3) is 5.50. The molecule has 0 bridgehead atoms. The highest BCUT2D eigenvalue weighted by atomic mass is 16.7. The molecule has 1 heterocycles. The van der Waals surface area contributed by atoms with Crippen LogP contribution in [0.4, 0.5) is 0 Å².